The molecule has 0 aliphatic carbocycles. The van der Waals surface area contributed by atoms with E-state index in [1.54, 1.807) is 0 Å². The number of nitrogens with zero attached hydrogens (tertiary/aromatic N) is 3. The van der Waals surface area contributed by atoms with Crippen LogP contribution < -0.4 is 5.32 Å². The number of carboxylic acids is 1. The molecule has 2 N–H and O–H groups in total. The number of nitro groups is 1. The number of hydrogen-bond donors (Lipinski definition) is 2. The van der Waals surface area contributed by atoms with Gasteiger partial charge in [-0.3, -0.25) is 10.1 Å². The molecule has 0 atom stereocenters. The van der Waals surface area contributed by atoms with Crippen LogP contribution in [0.2, 0.25) is 0 Å². The van der Waals surface area contributed by atoms with Crippen LogP contribution >= 0.6 is 0 Å². The summed E-state index contributed by atoms with van der Waals surface area (Å²) in [6.07, 6.45) is 1.86. The highest BCUT2D eigenvalue weighted by molar-refractivity contribution is 5.93. The van der Waals surface area contributed by atoms with E-state index < -0.39 is 10.9 Å². The van der Waals surface area contributed by atoms with Crippen molar-refractivity contribution in [2.75, 3.05) is 25.5 Å². The van der Waals surface area contributed by atoms with E-state index in [1.165, 1.54) is 0 Å². The maximum absolute atomic E-state index is 11.1. The summed E-state index contributed by atoms with van der Waals surface area (Å²) in [5.41, 5.74) is -0.529. The molecule has 1 aromatic heterocycles. The van der Waals surface area contributed by atoms with Gasteiger partial charge in [0, 0.05) is 18.7 Å². The minimum absolute atomic E-state index is 0.153. The summed E-state index contributed by atoms with van der Waals surface area (Å²) < 4.78 is 0. The summed E-state index contributed by atoms with van der Waals surface area (Å²) in [6.45, 7) is 5.59. The molecule has 0 aromatic carbocycles. The van der Waals surface area contributed by atoms with Crippen LogP contribution in [0.25, 0.3) is 0 Å². The Morgan fingerprint density at radius 2 is 2.24 bits per heavy atom. The lowest BCUT2D eigenvalue weighted by molar-refractivity contribution is -0.385. The number of pyridine rings is 1. The van der Waals surface area contributed by atoms with Crippen molar-refractivity contribution in [3.63, 3.8) is 0 Å². The SMILES string of the molecule is CC(C)N(C)CCCNc1ncc([N+](=O)[O-])cc1C(=O)O. The van der Waals surface area contributed by atoms with Crippen molar-refractivity contribution < 1.29 is 14.8 Å². The molecule has 0 radical (unpaired) electrons. The van der Waals surface area contributed by atoms with Gasteiger partial charge in [-0.15, -0.1) is 0 Å². The summed E-state index contributed by atoms with van der Waals surface area (Å²) in [5, 5.41) is 22.6. The summed E-state index contributed by atoms with van der Waals surface area (Å²) >= 11 is 0. The molecule has 0 aliphatic heterocycles. The van der Waals surface area contributed by atoms with E-state index in [1.807, 2.05) is 7.05 Å². The van der Waals surface area contributed by atoms with Gasteiger partial charge in [-0.2, -0.15) is 0 Å². The minimum atomic E-state index is -1.24. The van der Waals surface area contributed by atoms with Gasteiger partial charge >= 0.3 is 5.97 Å². The zero-order valence-corrected chi connectivity index (χ0v) is 12.4. The molecule has 0 bridgehead atoms. The van der Waals surface area contributed by atoms with E-state index in [4.69, 9.17) is 5.11 Å². The first-order chi connectivity index (χ1) is 9.82. The molecule has 0 saturated heterocycles. The molecule has 21 heavy (non-hydrogen) atoms. The van der Waals surface area contributed by atoms with Crippen molar-refractivity contribution >= 4 is 17.5 Å². The molecule has 0 saturated carbocycles. The van der Waals surface area contributed by atoms with Gasteiger partial charge in [-0.1, -0.05) is 0 Å². The maximum atomic E-state index is 11.1. The lowest BCUT2D eigenvalue weighted by Gasteiger charge is -2.20. The van der Waals surface area contributed by atoms with Crippen LogP contribution in [-0.4, -0.2) is 52.1 Å². The third-order valence-corrected chi connectivity index (χ3v) is 3.18. The Morgan fingerprint density at radius 1 is 1.57 bits per heavy atom. The maximum Gasteiger partial charge on any atom is 0.339 e. The van der Waals surface area contributed by atoms with Crippen molar-refractivity contribution in [2.45, 2.75) is 26.3 Å². The van der Waals surface area contributed by atoms with E-state index in [0.29, 0.717) is 12.6 Å². The summed E-state index contributed by atoms with van der Waals surface area (Å²) in [7, 11) is 2.01. The average Bonchev–Trinajstić information content (AvgIpc) is 2.42. The zero-order valence-electron chi connectivity index (χ0n) is 12.4. The first kappa shape index (κ1) is 16.8. The van der Waals surface area contributed by atoms with Crippen LogP contribution in [0.5, 0.6) is 0 Å². The van der Waals surface area contributed by atoms with Crippen LogP contribution in [0.1, 0.15) is 30.6 Å². The van der Waals surface area contributed by atoms with Gasteiger partial charge in [0.25, 0.3) is 5.69 Å². The van der Waals surface area contributed by atoms with Crippen LogP contribution in [0.3, 0.4) is 0 Å². The monoisotopic (exact) mass is 296 g/mol. The number of carboxylic acid groups (broad SMARTS) is 1. The average molecular weight is 296 g/mol. The van der Waals surface area contributed by atoms with Gasteiger partial charge in [-0.25, -0.2) is 9.78 Å². The fourth-order valence-corrected chi connectivity index (χ4v) is 1.65. The smallest absolute Gasteiger partial charge is 0.339 e. The van der Waals surface area contributed by atoms with Crippen molar-refractivity contribution in [3.8, 4) is 0 Å². The molecule has 1 rings (SSSR count). The lowest BCUT2D eigenvalue weighted by Crippen LogP contribution is -2.28. The van der Waals surface area contributed by atoms with Gasteiger partial charge in [0.15, 0.2) is 0 Å². The molecule has 0 amide bonds. The van der Waals surface area contributed by atoms with E-state index in [2.05, 4.69) is 29.0 Å². The molecule has 0 spiro atoms. The number of nitrogens with one attached hydrogen (secondary N) is 1. The fourth-order valence-electron chi connectivity index (χ4n) is 1.65. The Bertz CT molecular complexity index is 519. The highest BCUT2D eigenvalue weighted by Crippen LogP contribution is 2.19. The molecule has 8 heteroatoms. The van der Waals surface area contributed by atoms with Crippen LogP contribution in [0.4, 0.5) is 11.5 Å². The number of rotatable bonds is 8. The van der Waals surface area contributed by atoms with E-state index >= 15 is 0 Å². The normalized spacial score (nSPS) is 10.9. The number of hydrogen-bond acceptors (Lipinski definition) is 6. The Hall–Kier alpha value is -2.22. The topological polar surface area (TPSA) is 109 Å². The number of aromatic nitrogens is 1. The third-order valence-electron chi connectivity index (χ3n) is 3.18. The lowest BCUT2D eigenvalue weighted by atomic mass is 10.2. The highest BCUT2D eigenvalue weighted by Gasteiger charge is 2.17. The van der Waals surface area contributed by atoms with Crippen molar-refractivity contribution in [1.29, 1.82) is 0 Å². The third kappa shape index (κ3) is 4.99. The zero-order chi connectivity index (χ0) is 16.0. The fraction of sp³-hybridized carbons (Fsp3) is 0.538. The number of carbonyl (C=O) groups is 1. The van der Waals surface area contributed by atoms with Gasteiger partial charge in [0.05, 0.1) is 4.92 Å². The molecule has 8 nitrogen and oxygen atoms in total. The van der Waals surface area contributed by atoms with Gasteiger partial charge < -0.3 is 15.3 Å². The predicted octanol–water partition coefficient (Wildman–Crippen LogP) is 1.83. The van der Waals surface area contributed by atoms with Gasteiger partial charge in [0.1, 0.15) is 17.6 Å². The Labute approximate surface area is 122 Å². The molecular weight excluding hydrogens is 276 g/mol. The minimum Gasteiger partial charge on any atom is -0.478 e. The molecule has 1 heterocycles. The number of aromatic carboxylic acids is 1. The van der Waals surface area contributed by atoms with Crippen LogP contribution in [-0.2, 0) is 0 Å². The molecule has 1 aromatic rings. The Balaban J connectivity index is 2.66. The Morgan fingerprint density at radius 3 is 2.76 bits per heavy atom. The van der Waals surface area contributed by atoms with Crippen molar-refractivity contribution in [2.24, 2.45) is 0 Å². The largest absolute Gasteiger partial charge is 0.478 e. The predicted molar refractivity (Wildman–Crippen MR) is 78.7 cm³/mol. The first-order valence-corrected chi connectivity index (χ1v) is 6.64. The van der Waals surface area contributed by atoms with E-state index in [9.17, 15) is 14.9 Å². The quantitative estimate of drug-likeness (QED) is 0.428. The van der Waals surface area contributed by atoms with E-state index in [-0.39, 0.29) is 17.1 Å². The molecule has 0 fully saturated rings. The van der Waals surface area contributed by atoms with Crippen molar-refractivity contribution in [3.05, 3.63) is 27.9 Å². The molecule has 0 unspecified atom stereocenters. The summed E-state index contributed by atoms with van der Waals surface area (Å²) in [6, 6.07) is 1.45. The summed E-state index contributed by atoms with van der Waals surface area (Å²) in [4.78, 5) is 27.1. The summed E-state index contributed by atoms with van der Waals surface area (Å²) in [5.74, 6) is -1.09. The molecule has 0 aliphatic rings. The second kappa shape index (κ2) is 7.53. The van der Waals surface area contributed by atoms with Crippen LogP contribution in [0.15, 0.2) is 12.3 Å². The van der Waals surface area contributed by atoms with Crippen LogP contribution in [0, 0.1) is 10.1 Å². The van der Waals surface area contributed by atoms with Gasteiger partial charge in [-0.05, 0) is 33.9 Å². The second-order valence-electron chi connectivity index (χ2n) is 5.01. The van der Waals surface area contributed by atoms with Gasteiger partial charge in [0.2, 0.25) is 0 Å². The second-order valence-corrected chi connectivity index (χ2v) is 5.01. The number of anilines is 1. The first-order valence-electron chi connectivity index (χ1n) is 6.64. The highest BCUT2D eigenvalue weighted by atomic mass is 16.6. The molecular formula is C13H20N4O4. The van der Waals surface area contributed by atoms with E-state index in [0.717, 1.165) is 25.2 Å². The Kier molecular flexibility index (Phi) is 6.04. The van der Waals surface area contributed by atoms with Crippen molar-refractivity contribution in [1.82, 2.24) is 9.88 Å². The molecule has 116 valence electrons. The standard InChI is InChI=1S/C13H20N4O4/c1-9(2)16(3)6-4-5-14-12-11(13(18)19)7-10(8-15-12)17(20)21/h7-9H,4-6H2,1-3H3,(H,14,15)(H,18,19).